The first-order chi connectivity index (χ1) is 15.7. The molecule has 9 nitrogen and oxygen atoms in total. The van der Waals surface area contributed by atoms with E-state index in [0.717, 1.165) is 11.1 Å². The Hall–Kier alpha value is -4.40. The van der Waals surface area contributed by atoms with Gasteiger partial charge in [0.1, 0.15) is 11.5 Å². The van der Waals surface area contributed by atoms with Gasteiger partial charge in [0.15, 0.2) is 0 Å². The first-order valence-corrected chi connectivity index (χ1v) is 9.77. The second-order valence-corrected chi connectivity index (χ2v) is 6.73. The number of carbonyl (C=O) groups excluding carboxylic acids is 1. The first kappa shape index (κ1) is 20.9. The molecule has 2 aromatic carbocycles. The maximum atomic E-state index is 12.6. The normalized spacial score (nSPS) is 10.4. The SMILES string of the molecule is COc1ccc(NC(=O)Nc2ccccc2Cc2nc(-c3ccncc3)no2)c(OC)c1. The van der Waals surface area contributed by atoms with Crippen LogP contribution in [0, 0.1) is 0 Å². The number of aromatic nitrogens is 3. The fourth-order valence-corrected chi connectivity index (χ4v) is 3.08. The number of ether oxygens (including phenoxy) is 2. The summed E-state index contributed by atoms with van der Waals surface area (Å²) in [6, 6.07) is 15.8. The van der Waals surface area contributed by atoms with Gasteiger partial charge in [-0.25, -0.2) is 4.79 Å². The third-order valence-corrected chi connectivity index (χ3v) is 4.67. The Morgan fingerprint density at radius 1 is 0.969 bits per heavy atom. The molecule has 0 radical (unpaired) electrons. The lowest BCUT2D eigenvalue weighted by atomic mass is 10.1. The number of pyridine rings is 1. The minimum Gasteiger partial charge on any atom is -0.497 e. The highest BCUT2D eigenvalue weighted by Gasteiger charge is 2.14. The second-order valence-electron chi connectivity index (χ2n) is 6.73. The number of anilines is 2. The molecule has 0 atom stereocenters. The van der Waals surface area contributed by atoms with Crippen LogP contribution in [0.1, 0.15) is 11.5 Å². The number of urea groups is 1. The molecule has 0 fully saturated rings. The third-order valence-electron chi connectivity index (χ3n) is 4.67. The molecule has 0 bridgehead atoms. The predicted molar refractivity (Wildman–Crippen MR) is 119 cm³/mol. The lowest BCUT2D eigenvalue weighted by Gasteiger charge is -2.14. The van der Waals surface area contributed by atoms with Crippen molar-refractivity contribution in [2.75, 3.05) is 24.9 Å². The van der Waals surface area contributed by atoms with E-state index in [1.54, 1.807) is 43.8 Å². The number of methoxy groups -OCH3 is 2. The van der Waals surface area contributed by atoms with Crippen LogP contribution in [0.4, 0.5) is 16.2 Å². The fraction of sp³-hybridized carbons (Fsp3) is 0.130. The smallest absolute Gasteiger partial charge is 0.323 e. The zero-order valence-electron chi connectivity index (χ0n) is 17.5. The molecule has 0 saturated heterocycles. The van der Waals surface area contributed by atoms with Gasteiger partial charge in [-0.1, -0.05) is 23.4 Å². The number of nitrogens with one attached hydrogen (secondary N) is 2. The number of benzene rings is 2. The van der Waals surface area contributed by atoms with Crippen molar-refractivity contribution < 1.29 is 18.8 Å². The number of hydrogen-bond donors (Lipinski definition) is 2. The highest BCUT2D eigenvalue weighted by molar-refractivity contribution is 6.01. The molecule has 0 unspecified atom stereocenters. The van der Waals surface area contributed by atoms with Crippen LogP contribution in [-0.4, -0.2) is 35.4 Å². The van der Waals surface area contributed by atoms with Crippen LogP contribution in [0.3, 0.4) is 0 Å². The summed E-state index contributed by atoms with van der Waals surface area (Å²) in [5.41, 5.74) is 2.78. The van der Waals surface area contributed by atoms with E-state index in [2.05, 4.69) is 25.8 Å². The van der Waals surface area contributed by atoms with Gasteiger partial charge >= 0.3 is 6.03 Å². The van der Waals surface area contributed by atoms with Gasteiger partial charge in [0.05, 0.1) is 26.3 Å². The zero-order valence-corrected chi connectivity index (χ0v) is 17.5. The molecule has 0 aliphatic carbocycles. The van der Waals surface area contributed by atoms with E-state index in [1.165, 1.54) is 7.11 Å². The second kappa shape index (κ2) is 9.61. The summed E-state index contributed by atoms with van der Waals surface area (Å²) in [5, 5.41) is 9.68. The molecule has 2 amide bonds. The van der Waals surface area contributed by atoms with E-state index >= 15 is 0 Å². The summed E-state index contributed by atoms with van der Waals surface area (Å²) in [7, 11) is 3.09. The van der Waals surface area contributed by atoms with Gasteiger partial charge in [-0.15, -0.1) is 0 Å². The van der Waals surface area contributed by atoms with Gasteiger partial charge in [-0.3, -0.25) is 4.98 Å². The monoisotopic (exact) mass is 431 g/mol. The Labute approximate surface area is 184 Å². The zero-order chi connectivity index (χ0) is 22.3. The molecule has 162 valence electrons. The maximum Gasteiger partial charge on any atom is 0.323 e. The highest BCUT2D eigenvalue weighted by atomic mass is 16.5. The van der Waals surface area contributed by atoms with Crippen LogP contribution in [0.25, 0.3) is 11.4 Å². The summed E-state index contributed by atoms with van der Waals surface area (Å²) in [4.78, 5) is 21.1. The fourth-order valence-electron chi connectivity index (χ4n) is 3.08. The molecule has 4 rings (SSSR count). The molecule has 2 heterocycles. The van der Waals surface area contributed by atoms with Gasteiger partial charge in [0.25, 0.3) is 0 Å². The predicted octanol–water partition coefficient (Wildman–Crippen LogP) is 4.38. The minimum absolute atomic E-state index is 0.362. The number of amides is 2. The van der Waals surface area contributed by atoms with Crippen molar-refractivity contribution in [3.63, 3.8) is 0 Å². The summed E-state index contributed by atoms with van der Waals surface area (Å²) in [6.07, 6.45) is 3.70. The van der Waals surface area contributed by atoms with Gasteiger partial charge in [-0.2, -0.15) is 4.98 Å². The van der Waals surface area contributed by atoms with Crippen molar-refractivity contribution >= 4 is 17.4 Å². The Bertz CT molecular complexity index is 1210. The molecule has 2 N–H and O–H groups in total. The maximum absolute atomic E-state index is 12.6. The molecule has 0 saturated carbocycles. The minimum atomic E-state index is -0.413. The molecule has 0 aliphatic heterocycles. The number of hydrogen-bond acceptors (Lipinski definition) is 7. The van der Waals surface area contributed by atoms with Crippen LogP contribution in [0.15, 0.2) is 71.5 Å². The van der Waals surface area contributed by atoms with Crippen molar-refractivity contribution in [1.82, 2.24) is 15.1 Å². The summed E-state index contributed by atoms with van der Waals surface area (Å²) < 4.78 is 15.9. The molecule has 32 heavy (non-hydrogen) atoms. The van der Waals surface area contributed by atoms with Crippen molar-refractivity contribution in [1.29, 1.82) is 0 Å². The quantitative estimate of drug-likeness (QED) is 0.446. The largest absolute Gasteiger partial charge is 0.497 e. The van der Waals surface area contributed by atoms with Gasteiger partial charge in [0, 0.05) is 29.7 Å². The molecule has 2 aromatic heterocycles. The number of carbonyl (C=O) groups is 1. The molecule has 0 aliphatic rings. The van der Waals surface area contributed by atoms with Gasteiger partial charge in [0.2, 0.25) is 11.7 Å². The van der Waals surface area contributed by atoms with Crippen molar-refractivity contribution in [2.24, 2.45) is 0 Å². The Morgan fingerprint density at radius 2 is 1.75 bits per heavy atom. The average molecular weight is 431 g/mol. The van der Waals surface area contributed by atoms with Crippen LogP contribution in [0.2, 0.25) is 0 Å². The number of rotatable bonds is 7. The van der Waals surface area contributed by atoms with Gasteiger partial charge < -0.3 is 24.6 Å². The Balaban J connectivity index is 1.47. The van der Waals surface area contributed by atoms with E-state index in [-0.39, 0.29) is 0 Å². The standard InChI is InChI=1S/C23H21N5O4/c1-30-17-7-8-19(20(14-17)31-2)26-23(29)25-18-6-4-3-5-16(18)13-21-27-22(28-32-21)15-9-11-24-12-10-15/h3-12,14H,13H2,1-2H3,(H2,25,26,29). The first-order valence-electron chi connectivity index (χ1n) is 9.77. The van der Waals surface area contributed by atoms with E-state index in [9.17, 15) is 4.79 Å². The Kier molecular flexibility index (Phi) is 6.26. The van der Waals surface area contributed by atoms with E-state index in [4.69, 9.17) is 14.0 Å². The molecular formula is C23H21N5O4. The number of para-hydroxylation sites is 1. The average Bonchev–Trinajstić information content (AvgIpc) is 3.30. The molecule has 9 heteroatoms. The van der Waals surface area contributed by atoms with Crippen LogP contribution >= 0.6 is 0 Å². The van der Waals surface area contributed by atoms with Crippen LogP contribution in [0.5, 0.6) is 11.5 Å². The van der Waals surface area contributed by atoms with Crippen molar-refractivity contribution in [3.8, 4) is 22.9 Å². The highest BCUT2D eigenvalue weighted by Crippen LogP contribution is 2.29. The summed E-state index contributed by atoms with van der Waals surface area (Å²) >= 11 is 0. The molecular weight excluding hydrogens is 410 g/mol. The molecule has 0 spiro atoms. The van der Waals surface area contributed by atoms with E-state index in [0.29, 0.717) is 41.0 Å². The van der Waals surface area contributed by atoms with E-state index in [1.807, 2.05) is 30.3 Å². The Morgan fingerprint density at radius 3 is 2.53 bits per heavy atom. The lowest BCUT2D eigenvalue weighted by Crippen LogP contribution is -2.20. The third kappa shape index (κ3) is 4.84. The lowest BCUT2D eigenvalue weighted by molar-refractivity contribution is 0.262. The van der Waals surface area contributed by atoms with E-state index < -0.39 is 6.03 Å². The van der Waals surface area contributed by atoms with Crippen LogP contribution < -0.4 is 20.1 Å². The summed E-state index contributed by atoms with van der Waals surface area (Å²) in [6.45, 7) is 0. The van der Waals surface area contributed by atoms with Gasteiger partial charge in [-0.05, 0) is 35.9 Å². The number of nitrogens with zero attached hydrogens (tertiary/aromatic N) is 3. The summed E-state index contributed by atoms with van der Waals surface area (Å²) in [5.74, 6) is 2.03. The van der Waals surface area contributed by atoms with Crippen molar-refractivity contribution in [2.45, 2.75) is 6.42 Å². The molecule has 4 aromatic rings. The van der Waals surface area contributed by atoms with Crippen molar-refractivity contribution in [3.05, 3.63) is 78.4 Å². The van der Waals surface area contributed by atoms with Crippen LogP contribution in [-0.2, 0) is 6.42 Å². The topological polar surface area (TPSA) is 111 Å².